The second-order valence-electron chi connectivity index (χ2n) is 10.1. The highest BCUT2D eigenvalue weighted by Crippen LogP contribution is 2.38. The van der Waals surface area contributed by atoms with Gasteiger partial charge in [0.1, 0.15) is 24.1 Å². The minimum Gasteiger partial charge on any atom is -0.497 e. The maximum absolute atomic E-state index is 14.4. The largest absolute Gasteiger partial charge is 0.497 e. The van der Waals surface area contributed by atoms with Gasteiger partial charge in [-0.3, -0.25) is 13.9 Å². The Hall–Kier alpha value is -3.87. The molecule has 0 aliphatic rings. The first-order valence-electron chi connectivity index (χ1n) is 13.8. The number of amides is 2. The molecule has 0 aromatic heterocycles. The lowest BCUT2D eigenvalue weighted by atomic mass is 10.1. The Morgan fingerprint density at radius 2 is 1.42 bits per heavy atom. The number of nitrogens with one attached hydrogen (secondary N) is 1. The van der Waals surface area contributed by atoms with Gasteiger partial charge in [0.2, 0.25) is 11.8 Å². The monoisotopic (exact) mass is 681 g/mol. The molecule has 3 rings (SSSR count). The van der Waals surface area contributed by atoms with Crippen LogP contribution in [0.25, 0.3) is 0 Å². The molecule has 0 saturated heterocycles. The number of hydrogen-bond acceptors (Lipinski definition) is 8. The maximum Gasteiger partial charge on any atom is 0.265 e. The number of carbonyl (C=O) groups excluding carboxylic acids is 2. The summed E-state index contributed by atoms with van der Waals surface area (Å²) in [6.45, 7) is 4.20. The highest BCUT2D eigenvalue weighted by atomic mass is 35.5. The molecular formula is C31H37Cl2N3O8S. The first kappa shape index (κ1) is 35.6. The van der Waals surface area contributed by atoms with Crippen molar-refractivity contribution < 1.29 is 37.0 Å². The van der Waals surface area contributed by atoms with Crippen LogP contribution in [0.2, 0.25) is 10.0 Å². The number of carbonyl (C=O) groups is 2. The predicted octanol–water partition coefficient (Wildman–Crippen LogP) is 5.17. The Morgan fingerprint density at radius 1 is 0.822 bits per heavy atom. The summed E-state index contributed by atoms with van der Waals surface area (Å²) in [5.41, 5.74) is 0.418. The molecule has 2 amide bonds. The van der Waals surface area contributed by atoms with Crippen molar-refractivity contribution in [3.63, 3.8) is 0 Å². The van der Waals surface area contributed by atoms with Gasteiger partial charge in [0.05, 0.1) is 39.0 Å². The van der Waals surface area contributed by atoms with Crippen LogP contribution in [0.1, 0.15) is 26.3 Å². The van der Waals surface area contributed by atoms with Crippen LogP contribution < -0.4 is 28.6 Å². The van der Waals surface area contributed by atoms with Gasteiger partial charge in [0, 0.05) is 40.3 Å². The molecule has 14 heteroatoms. The molecule has 0 bridgehead atoms. The van der Waals surface area contributed by atoms with Gasteiger partial charge in [-0.1, -0.05) is 29.3 Å². The third-order valence-corrected chi connectivity index (χ3v) is 9.33. The molecule has 1 atom stereocenters. The fourth-order valence-corrected chi connectivity index (χ4v) is 6.40. The van der Waals surface area contributed by atoms with Gasteiger partial charge in [-0.05, 0) is 57.2 Å². The molecule has 0 spiro atoms. The molecule has 0 fully saturated rings. The zero-order valence-electron chi connectivity index (χ0n) is 26.1. The van der Waals surface area contributed by atoms with Gasteiger partial charge in [-0.2, -0.15) is 0 Å². The molecule has 0 radical (unpaired) electrons. The molecule has 1 N–H and O–H groups in total. The Morgan fingerprint density at radius 3 is 1.98 bits per heavy atom. The predicted molar refractivity (Wildman–Crippen MR) is 173 cm³/mol. The number of ether oxygens (including phenoxy) is 4. The smallest absolute Gasteiger partial charge is 0.265 e. The highest BCUT2D eigenvalue weighted by Gasteiger charge is 2.35. The summed E-state index contributed by atoms with van der Waals surface area (Å²) in [5.74, 6) is -0.225. The Labute approximate surface area is 274 Å². The van der Waals surface area contributed by atoms with Crippen LogP contribution in [-0.2, 0) is 26.2 Å². The molecule has 11 nitrogen and oxygen atoms in total. The summed E-state index contributed by atoms with van der Waals surface area (Å²) in [5, 5.41) is 3.36. The van der Waals surface area contributed by atoms with E-state index in [0.29, 0.717) is 17.1 Å². The molecule has 0 aliphatic carbocycles. The van der Waals surface area contributed by atoms with Crippen LogP contribution in [0, 0.1) is 0 Å². The standard InChI is InChI=1S/C31H37Cl2N3O8S/c1-19(2)34-31(38)20(3)35(17-23-24(32)9-8-10-25(23)33)30(37)18-36(26-15-21(41-4)11-13-27(26)42-5)45(39,40)22-12-14-28(43-6)29(16-22)44-7/h8-16,19-20H,17-18H2,1-7H3,(H,34,38)/t20-/m0/s1. The summed E-state index contributed by atoms with van der Waals surface area (Å²) in [6.07, 6.45) is 0. The van der Waals surface area contributed by atoms with Crippen LogP contribution in [0.4, 0.5) is 5.69 Å². The fourth-order valence-electron chi connectivity index (χ4n) is 4.45. The SMILES string of the molecule is COc1ccc(OC)c(N(CC(=O)N(Cc2c(Cl)cccc2Cl)[C@@H](C)C(=O)NC(C)C)S(=O)(=O)c2ccc(OC)c(OC)c2)c1. The number of halogens is 2. The van der Waals surface area contributed by atoms with Crippen LogP contribution >= 0.6 is 23.2 Å². The van der Waals surface area contributed by atoms with Crippen LogP contribution in [0.5, 0.6) is 23.0 Å². The van der Waals surface area contributed by atoms with Crippen molar-refractivity contribution in [3.05, 3.63) is 70.2 Å². The maximum atomic E-state index is 14.4. The van der Waals surface area contributed by atoms with Gasteiger partial charge in [-0.15, -0.1) is 0 Å². The average Bonchev–Trinajstić information content (AvgIpc) is 3.01. The first-order valence-corrected chi connectivity index (χ1v) is 16.0. The van der Waals surface area contributed by atoms with Gasteiger partial charge in [0.25, 0.3) is 10.0 Å². The summed E-state index contributed by atoms with van der Waals surface area (Å²) in [4.78, 5) is 28.5. The zero-order valence-corrected chi connectivity index (χ0v) is 28.4. The van der Waals surface area contributed by atoms with E-state index in [9.17, 15) is 18.0 Å². The van der Waals surface area contributed by atoms with Crippen molar-refractivity contribution in [2.24, 2.45) is 0 Å². The number of nitrogens with zero attached hydrogens (tertiary/aromatic N) is 2. The molecule has 45 heavy (non-hydrogen) atoms. The zero-order chi connectivity index (χ0) is 33.5. The van der Waals surface area contributed by atoms with Gasteiger partial charge >= 0.3 is 0 Å². The van der Waals surface area contributed by atoms with Crippen LogP contribution in [-0.4, -0.2) is 72.2 Å². The third kappa shape index (κ3) is 8.24. The highest BCUT2D eigenvalue weighted by molar-refractivity contribution is 7.92. The van der Waals surface area contributed by atoms with Crippen molar-refractivity contribution in [1.82, 2.24) is 10.2 Å². The van der Waals surface area contributed by atoms with E-state index in [-0.39, 0.29) is 44.7 Å². The Balaban J connectivity index is 2.21. The van der Waals surface area contributed by atoms with Gasteiger partial charge in [0.15, 0.2) is 11.5 Å². The number of methoxy groups -OCH3 is 4. The van der Waals surface area contributed by atoms with Crippen molar-refractivity contribution in [3.8, 4) is 23.0 Å². The van der Waals surface area contributed by atoms with Crippen molar-refractivity contribution in [1.29, 1.82) is 0 Å². The lowest BCUT2D eigenvalue weighted by molar-refractivity contribution is -0.139. The second kappa shape index (κ2) is 15.4. The third-order valence-electron chi connectivity index (χ3n) is 6.86. The summed E-state index contributed by atoms with van der Waals surface area (Å²) < 4.78 is 51.1. The van der Waals surface area contributed by atoms with Crippen molar-refractivity contribution in [2.45, 2.75) is 44.3 Å². The van der Waals surface area contributed by atoms with E-state index in [4.69, 9.17) is 42.1 Å². The van der Waals surface area contributed by atoms with Crippen LogP contribution in [0.3, 0.4) is 0 Å². The number of sulfonamides is 1. The minimum absolute atomic E-state index is 0.0231. The normalized spacial score (nSPS) is 11.9. The molecule has 3 aromatic rings. The number of benzene rings is 3. The number of anilines is 1. The minimum atomic E-state index is -4.49. The molecule has 0 saturated carbocycles. The van der Waals surface area contributed by atoms with Crippen LogP contribution in [0.15, 0.2) is 59.5 Å². The van der Waals surface area contributed by atoms with E-state index in [1.54, 1.807) is 45.0 Å². The van der Waals surface area contributed by atoms with E-state index >= 15 is 0 Å². The van der Waals surface area contributed by atoms with Gasteiger partial charge < -0.3 is 29.2 Å². The van der Waals surface area contributed by atoms with E-state index < -0.39 is 34.4 Å². The second-order valence-corrected chi connectivity index (χ2v) is 12.8. The van der Waals surface area contributed by atoms with E-state index in [0.717, 1.165) is 4.31 Å². The van der Waals surface area contributed by atoms with Gasteiger partial charge in [-0.25, -0.2) is 8.42 Å². The molecular weight excluding hydrogens is 645 g/mol. The number of rotatable bonds is 14. The molecule has 0 unspecified atom stereocenters. The average molecular weight is 683 g/mol. The lowest BCUT2D eigenvalue weighted by Crippen LogP contribution is -2.52. The van der Waals surface area contributed by atoms with Crippen molar-refractivity contribution in [2.75, 3.05) is 39.3 Å². The summed E-state index contributed by atoms with van der Waals surface area (Å²) >= 11 is 12.9. The Bertz CT molecular complexity index is 1610. The number of hydrogen-bond donors (Lipinski definition) is 1. The molecule has 244 valence electrons. The fraction of sp³-hybridized carbons (Fsp3) is 0.355. The summed E-state index contributed by atoms with van der Waals surface area (Å²) in [7, 11) is 1.11. The Kier molecular flexibility index (Phi) is 12.2. The molecule has 0 heterocycles. The van der Waals surface area contributed by atoms with Crippen molar-refractivity contribution >= 4 is 50.7 Å². The quantitative estimate of drug-likeness (QED) is 0.247. The molecule has 3 aromatic carbocycles. The van der Waals surface area contributed by atoms with E-state index in [1.165, 1.54) is 63.7 Å². The van der Waals surface area contributed by atoms with E-state index in [1.807, 2.05) is 0 Å². The first-order chi connectivity index (χ1) is 21.3. The summed E-state index contributed by atoms with van der Waals surface area (Å²) in [6, 6.07) is 12.2. The topological polar surface area (TPSA) is 124 Å². The lowest BCUT2D eigenvalue weighted by Gasteiger charge is -2.33. The molecule has 0 aliphatic heterocycles. The van der Waals surface area contributed by atoms with E-state index in [2.05, 4.69) is 5.32 Å².